The molecule has 2 atom stereocenters. The maximum Gasteiger partial charge on any atom is 0.135 e. The van der Waals surface area contributed by atoms with Crippen LogP contribution >= 0.6 is 11.8 Å². The first-order valence-corrected chi connectivity index (χ1v) is 7.89. The van der Waals surface area contributed by atoms with Gasteiger partial charge >= 0.3 is 0 Å². The van der Waals surface area contributed by atoms with Crippen LogP contribution in [0.3, 0.4) is 0 Å². The number of thioether (sulfide) groups is 1. The van der Waals surface area contributed by atoms with Crippen LogP contribution in [0.4, 0.5) is 0 Å². The number of carbonyl (C=O) groups excluding carboxylic acids is 1. The van der Waals surface area contributed by atoms with E-state index in [0.29, 0.717) is 24.2 Å². The smallest absolute Gasteiger partial charge is 0.135 e. The summed E-state index contributed by atoms with van der Waals surface area (Å²) in [5.41, 5.74) is 2.83. The molecule has 1 aromatic rings. The predicted molar refractivity (Wildman–Crippen MR) is 76.2 cm³/mol. The zero-order valence-corrected chi connectivity index (χ0v) is 11.3. The molecule has 1 N–H and O–H groups in total. The van der Waals surface area contributed by atoms with E-state index in [1.807, 2.05) is 11.8 Å². The standard InChI is InChI=1S/C15H19NOS/c17-14(9-13-10-18-6-5-16-13)8-12-7-11-3-1-2-4-15(11)12/h1-4,12-13,16H,5-10H2. The van der Waals surface area contributed by atoms with Crippen molar-refractivity contribution in [3.63, 3.8) is 0 Å². The lowest BCUT2D eigenvalue weighted by molar-refractivity contribution is -0.119. The number of carbonyl (C=O) groups is 1. The van der Waals surface area contributed by atoms with Crippen molar-refractivity contribution in [2.45, 2.75) is 31.2 Å². The van der Waals surface area contributed by atoms with E-state index >= 15 is 0 Å². The lowest BCUT2D eigenvalue weighted by atomic mass is 9.75. The van der Waals surface area contributed by atoms with E-state index in [9.17, 15) is 4.79 Å². The quantitative estimate of drug-likeness (QED) is 0.902. The molecule has 1 saturated heterocycles. The first-order chi connectivity index (χ1) is 8.83. The van der Waals surface area contributed by atoms with Crippen LogP contribution < -0.4 is 5.32 Å². The van der Waals surface area contributed by atoms with Gasteiger partial charge in [0.1, 0.15) is 5.78 Å². The molecule has 1 aliphatic heterocycles. The van der Waals surface area contributed by atoms with E-state index < -0.39 is 0 Å². The Bertz CT molecular complexity index is 440. The van der Waals surface area contributed by atoms with Crippen LogP contribution in [-0.2, 0) is 11.2 Å². The largest absolute Gasteiger partial charge is 0.312 e. The SMILES string of the molecule is O=C(CC1CSCCN1)CC1Cc2ccccc21. The van der Waals surface area contributed by atoms with E-state index in [-0.39, 0.29) is 0 Å². The summed E-state index contributed by atoms with van der Waals surface area (Å²) in [5.74, 6) is 3.19. The van der Waals surface area contributed by atoms with Gasteiger partial charge in [0.05, 0.1) is 0 Å². The average Bonchev–Trinajstić information content (AvgIpc) is 2.37. The van der Waals surface area contributed by atoms with Crippen molar-refractivity contribution in [2.24, 2.45) is 0 Å². The highest BCUT2D eigenvalue weighted by atomic mass is 32.2. The van der Waals surface area contributed by atoms with Gasteiger partial charge in [0, 0.05) is 36.9 Å². The van der Waals surface area contributed by atoms with Crippen molar-refractivity contribution in [3.8, 4) is 0 Å². The maximum absolute atomic E-state index is 12.1. The first kappa shape index (κ1) is 12.2. The number of Topliss-reactive ketones (excluding diaryl/α,β-unsaturated/α-hetero) is 1. The Hall–Kier alpha value is -0.800. The van der Waals surface area contributed by atoms with E-state index in [4.69, 9.17) is 0 Å². The summed E-state index contributed by atoms with van der Waals surface area (Å²) < 4.78 is 0. The van der Waals surface area contributed by atoms with Crippen LogP contribution in [0.5, 0.6) is 0 Å². The Balaban J connectivity index is 1.50. The second-order valence-corrected chi connectivity index (χ2v) is 6.42. The molecule has 1 aromatic carbocycles. The Kier molecular flexibility index (Phi) is 3.71. The number of nitrogens with one attached hydrogen (secondary N) is 1. The normalized spacial score (nSPS) is 26.2. The molecule has 1 aliphatic carbocycles. The highest BCUT2D eigenvalue weighted by Crippen LogP contribution is 2.37. The summed E-state index contributed by atoms with van der Waals surface area (Å²) >= 11 is 1.96. The van der Waals surface area contributed by atoms with E-state index in [0.717, 1.165) is 25.1 Å². The third-order valence-electron chi connectivity index (χ3n) is 3.91. The highest BCUT2D eigenvalue weighted by molar-refractivity contribution is 7.99. The number of ketones is 1. The molecule has 0 radical (unpaired) electrons. The molecule has 0 amide bonds. The summed E-state index contributed by atoms with van der Waals surface area (Å²) in [5, 5.41) is 3.44. The highest BCUT2D eigenvalue weighted by Gasteiger charge is 2.28. The number of benzene rings is 1. The molecular weight excluding hydrogens is 242 g/mol. The molecular formula is C15H19NOS. The van der Waals surface area contributed by atoms with Gasteiger partial charge in [-0.1, -0.05) is 24.3 Å². The van der Waals surface area contributed by atoms with Crippen LogP contribution in [-0.4, -0.2) is 29.9 Å². The minimum absolute atomic E-state index is 0.409. The van der Waals surface area contributed by atoms with Crippen LogP contribution in [0.2, 0.25) is 0 Å². The average molecular weight is 261 g/mol. The van der Waals surface area contributed by atoms with Gasteiger partial charge in [-0.3, -0.25) is 4.79 Å². The second kappa shape index (κ2) is 5.45. The summed E-state index contributed by atoms with van der Waals surface area (Å²) in [7, 11) is 0. The van der Waals surface area contributed by atoms with E-state index in [1.165, 1.54) is 16.9 Å². The Morgan fingerprint density at radius 2 is 2.22 bits per heavy atom. The molecule has 0 saturated carbocycles. The summed E-state index contributed by atoms with van der Waals surface area (Å²) in [6.45, 7) is 1.05. The van der Waals surface area contributed by atoms with Crippen molar-refractivity contribution in [3.05, 3.63) is 35.4 Å². The topological polar surface area (TPSA) is 29.1 Å². The molecule has 0 aromatic heterocycles. The number of hydrogen-bond acceptors (Lipinski definition) is 3. The Morgan fingerprint density at radius 1 is 1.33 bits per heavy atom. The molecule has 0 spiro atoms. The number of hydrogen-bond donors (Lipinski definition) is 1. The predicted octanol–water partition coefficient (Wildman–Crippen LogP) is 2.38. The molecule has 3 rings (SSSR count). The van der Waals surface area contributed by atoms with Gasteiger partial charge in [-0.25, -0.2) is 0 Å². The summed E-state index contributed by atoms with van der Waals surface area (Å²) in [6.07, 6.45) is 2.54. The monoisotopic (exact) mass is 261 g/mol. The number of fused-ring (bicyclic) bond motifs is 1. The molecule has 2 unspecified atom stereocenters. The van der Waals surface area contributed by atoms with Gasteiger partial charge < -0.3 is 5.32 Å². The molecule has 2 nitrogen and oxygen atoms in total. The van der Waals surface area contributed by atoms with Crippen molar-refractivity contribution in [2.75, 3.05) is 18.1 Å². The molecule has 3 heteroatoms. The van der Waals surface area contributed by atoms with Gasteiger partial charge in [-0.2, -0.15) is 11.8 Å². The van der Waals surface area contributed by atoms with E-state index in [1.54, 1.807) is 0 Å². The first-order valence-electron chi connectivity index (χ1n) is 6.73. The maximum atomic E-state index is 12.1. The summed E-state index contributed by atoms with van der Waals surface area (Å²) in [4.78, 5) is 12.1. The fourth-order valence-corrected chi connectivity index (χ4v) is 3.88. The molecule has 2 aliphatic rings. The summed E-state index contributed by atoms with van der Waals surface area (Å²) in [6, 6.07) is 8.92. The molecule has 18 heavy (non-hydrogen) atoms. The third-order valence-corrected chi connectivity index (χ3v) is 5.04. The van der Waals surface area contributed by atoms with Crippen molar-refractivity contribution >= 4 is 17.5 Å². The van der Waals surface area contributed by atoms with Gasteiger partial charge in [-0.05, 0) is 23.5 Å². The molecule has 0 bridgehead atoms. The zero-order valence-electron chi connectivity index (χ0n) is 10.5. The molecule has 96 valence electrons. The zero-order chi connectivity index (χ0) is 12.4. The van der Waals surface area contributed by atoms with Crippen LogP contribution in [0.1, 0.15) is 29.9 Å². The van der Waals surface area contributed by atoms with Crippen LogP contribution in [0.15, 0.2) is 24.3 Å². The van der Waals surface area contributed by atoms with Crippen LogP contribution in [0, 0.1) is 0 Å². The lowest BCUT2D eigenvalue weighted by Crippen LogP contribution is -2.39. The third kappa shape index (κ3) is 2.62. The van der Waals surface area contributed by atoms with Crippen molar-refractivity contribution in [1.29, 1.82) is 0 Å². The van der Waals surface area contributed by atoms with Gasteiger partial charge in [-0.15, -0.1) is 0 Å². The van der Waals surface area contributed by atoms with Gasteiger partial charge in [0.15, 0.2) is 0 Å². The minimum Gasteiger partial charge on any atom is -0.312 e. The number of rotatable bonds is 4. The minimum atomic E-state index is 0.409. The van der Waals surface area contributed by atoms with Gasteiger partial charge in [0.2, 0.25) is 0 Å². The lowest BCUT2D eigenvalue weighted by Gasteiger charge is -2.30. The van der Waals surface area contributed by atoms with Crippen LogP contribution in [0.25, 0.3) is 0 Å². The Morgan fingerprint density at radius 3 is 3.00 bits per heavy atom. The van der Waals surface area contributed by atoms with Crippen molar-refractivity contribution in [1.82, 2.24) is 5.32 Å². The van der Waals surface area contributed by atoms with Crippen molar-refractivity contribution < 1.29 is 4.79 Å². The molecule has 1 heterocycles. The Labute approximate surface area is 113 Å². The van der Waals surface area contributed by atoms with Gasteiger partial charge in [0.25, 0.3) is 0 Å². The second-order valence-electron chi connectivity index (χ2n) is 5.27. The van der Waals surface area contributed by atoms with E-state index in [2.05, 4.69) is 29.6 Å². The fraction of sp³-hybridized carbons (Fsp3) is 0.533. The fourth-order valence-electron chi connectivity index (χ4n) is 2.93. The molecule has 1 fully saturated rings.